The van der Waals surface area contributed by atoms with Crippen molar-refractivity contribution in [2.75, 3.05) is 0 Å². The molecule has 1 saturated carbocycles. The molecule has 3 aromatic heterocycles. The summed E-state index contributed by atoms with van der Waals surface area (Å²) in [7, 11) is -4.38. The van der Waals surface area contributed by atoms with Crippen molar-refractivity contribution < 1.29 is 43.9 Å². The van der Waals surface area contributed by atoms with E-state index in [2.05, 4.69) is 9.97 Å². The fraction of sp³-hybridized carbons (Fsp3) is 0.433. The second-order valence-corrected chi connectivity index (χ2v) is 11.9. The van der Waals surface area contributed by atoms with Gasteiger partial charge >= 0.3 is 12.9 Å². The van der Waals surface area contributed by atoms with E-state index < -0.39 is 52.0 Å². The number of benzene rings is 1. The van der Waals surface area contributed by atoms with Crippen LogP contribution in [0.2, 0.25) is 0 Å². The maximum absolute atomic E-state index is 15.9. The molecule has 1 aliphatic carbocycles. The molecular formula is C30H33F7N4O4S. The molecule has 0 bridgehead atoms. The fourth-order valence-electron chi connectivity index (χ4n) is 4.94. The second kappa shape index (κ2) is 15.1. The summed E-state index contributed by atoms with van der Waals surface area (Å²) >= 11 is 0. The predicted molar refractivity (Wildman–Crippen MR) is 158 cm³/mol. The number of alkyl halides is 6. The minimum atomic E-state index is -4.83. The lowest BCUT2D eigenvalue weighted by atomic mass is 9.98. The number of ether oxygens (including phenoxy) is 1. The molecule has 0 amide bonds. The molecule has 0 N–H and O–H groups in total. The SMILES string of the molecule is CC.Cc1ccc(S(=O)(=O)n2cc(-c3nc(C)nc(OC4CCCCC4)c3F)c3c2ccc(=O)n3CC(F)(F)F)cc1.FC(F)F. The molecule has 0 saturated heterocycles. The fourth-order valence-corrected chi connectivity index (χ4v) is 6.30. The van der Waals surface area contributed by atoms with E-state index in [1.54, 1.807) is 19.1 Å². The highest BCUT2D eigenvalue weighted by molar-refractivity contribution is 7.90. The zero-order valence-corrected chi connectivity index (χ0v) is 26.2. The van der Waals surface area contributed by atoms with Gasteiger partial charge in [-0.25, -0.2) is 17.4 Å². The van der Waals surface area contributed by atoms with E-state index in [9.17, 15) is 39.6 Å². The minimum Gasteiger partial charge on any atom is -0.472 e. The third-order valence-electron chi connectivity index (χ3n) is 6.83. The monoisotopic (exact) mass is 678 g/mol. The van der Waals surface area contributed by atoms with Crippen LogP contribution in [0.5, 0.6) is 5.88 Å². The van der Waals surface area contributed by atoms with Crippen molar-refractivity contribution in [1.29, 1.82) is 0 Å². The Morgan fingerprint density at radius 1 is 0.957 bits per heavy atom. The highest BCUT2D eigenvalue weighted by atomic mass is 32.2. The second-order valence-electron chi connectivity index (χ2n) is 10.1. The van der Waals surface area contributed by atoms with Crippen molar-refractivity contribution in [2.24, 2.45) is 0 Å². The van der Waals surface area contributed by atoms with Crippen molar-refractivity contribution in [1.82, 2.24) is 18.5 Å². The van der Waals surface area contributed by atoms with E-state index >= 15 is 4.39 Å². The first-order valence-corrected chi connectivity index (χ1v) is 15.8. The summed E-state index contributed by atoms with van der Waals surface area (Å²) in [5.41, 5.74) is -1.71. The molecule has 16 heteroatoms. The van der Waals surface area contributed by atoms with Crippen LogP contribution in [0.25, 0.3) is 22.3 Å². The summed E-state index contributed by atoms with van der Waals surface area (Å²) < 4.78 is 120. The van der Waals surface area contributed by atoms with Crippen molar-refractivity contribution in [3.05, 3.63) is 70.2 Å². The topological polar surface area (TPSA) is 96.1 Å². The van der Waals surface area contributed by atoms with E-state index in [0.717, 1.165) is 47.1 Å². The molecule has 0 spiro atoms. The number of aromatic nitrogens is 4. The van der Waals surface area contributed by atoms with Gasteiger partial charge in [0.05, 0.1) is 15.9 Å². The van der Waals surface area contributed by atoms with Crippen molar-refractivity contribution in [3.8, 4) is 17.1 Å². The Bertz CT molecular complexity index is 1800. The smallest absolute Gasteiger partial charge is 0.406 e. The molecule has 8 nitrogen and oxygen atoms in total. The zero-order valence-electron chi connectivity index (χ0n) is 25.4. The standard InChI is InChI=1S/C27H26F4N4O4S.C2H6.CHF3/c1-16-8-10-19(11-9-16)40(37,38)35-14-20(25-21(35)12-13-22(36)34(25)15-27(29,30)31)24-23(28)26(33-17(2)32-24)39-18-6-4-3-5-7-18;1-2;2-1(3)4/h8-14,18H,3-7,15H2,1-2H3;1-2H3;1H. The lowest BCUT2D eigenvalue weighted by molar-refractivity contribution is -0.140. The number of hydrogen-bond acceptors (Lipinski definition) is 6. The minimum absolute atomic E-state index is 0.0603. The van der Waals surface area contributed by atoms with Gasteiger partial charge in [0.15, 0.2) is 0 Å². The van der Waals surface area contributed by atoms with Gasteiger partial charge in [-0.1, -0.05) is 38.0 Å². The van der Waals surface area contributed by atoms with Crippen LogP contribution in [0.1, 0.15) is 57.3 Å². The summed E-state index contributed by atoms with van der Waals surface area (Å²) in [5, 5.41) is 0. The van der Waals surface area contributed by atoms with E-state index in [4.69, 9.17) is 4.74 Å². The Hall–Kier alpha value is -3.95. The summed E-state index contributed by atoms with van der Waals surface area (Å²) in [6, 6.07) is 7.80. The van der Waals surface area contributed by atoms with Gasteiger partial charge in [0.25, 0.3) is 21.5 Å². The lowest BCUT2D eigenvalue weighted by Crippen LogP contribution is -2.28. The molecule has 1 aliphatic rings. The molecule has 1 fully saturated rings. The van der Waals surface area contributed by atoms with Gasteiger partial charge in [0.1, 0.15) is 24.2 Å². The number of hydrogen-bond donors (Lipinski definition) is 0. The molecule has 0 unspecified atom stereocenters. The van der Waals surface area contributed by atoms with Gasteiger partial charge in [0.2, 0.25) is 5.82 Å². The Kier molecular flexibility index (Phi) is 12.0. The number of fused-ring (bicyclic) bond motifs is 1. The normalized spacial score (nSPS) is 14.0. The van der Waals surface area contributed by atoms with Gasteiger partial charge in [-0.05, 0) is 57.7 Å². The number of halogens is 7. The Labute approximate surface area is 260 Å². The van der Waals surface area contributed by atoms with Crippen molar-refractivity contribution in [3.63, 3.8) is 0 Å². The van der Waals surface area contributed by atoms with E-state index in [0.29, 0.717) is 17.4 Å². The van der Waals surface area contributed by atoms with Crippen LogP contribution in [-0.4, -0.2) is 45.9 Å². The van der Waals surface area contributed by atoms with Gasteiger partial charge in [0, 0.05) is 17.8 Å². The van der Waals surface area contributed by atoms with Gasteiger partial charge in [-0.15, -0.1) is 0 Å². The van der Waals surface area contributed by atoms with E-state index in [1.807, 2.05) is 13.8 Å². The highest BCUT2D eigenvalue weighted by Gasteiger charge is 2.33. The largest absolute Gasteiger partial charge is 0.472 e. The molecule has 0 atom stereocenters. The summed E-state index contributed by atoms with van der Waals surface area (Å²) in [6.07, 6.45) is 0.0755. The molecule has 0 aliphatic heterocycles. The maximum atomic E-state index is 15.9. The summed E-state index contributed by atoms with van der Waals surface area (Å²) in [5.74, 6) is -1.37. The van der Waals surface area contributed by atoms with Crippen LogP contribution in [0.4, 0.5) is 30.7 Å². The number of rotatable bonds is 6. The molecule has 1 aromatic carbocycles. The molecule has 5 rings (SSSR count). The van der Waals surface area contributed by atoms with Crippen LogP contribution < -0.4 is 10.3 Å². The summed E-state index contributed by atoms with van der Waals surface area (Å²) in [6.45, 7) is 1.84. The predicted octanol–water partition coefficient (Wildman–Crippen LogP) is 7.73. The quantitative estimate of drug-likeness (QED) is 0.194. The van der Waals surface area contributed by atoms with Gasteiger partial charge in [-0.2, -0.15) is 35.7 Å². The average Bonchev–Trinajstić information content (AvgIpc) is 3.38. The molecule has 3 heterocycles. The first kappa shape index (κ1) is 36.5. The first-order valence-electron chi connectivity index (χ1n) is 14.4. The van der Waals surface area contributed by atoms with E-state index in [1.165, 1.54) is 19.1 Å². The number of aryl methyl sites for hydroxylation is 2. The molecule has 4 aromatic rings. The van der Waals surface area contributed by atoms with Crippen molar-refractivity contribution >= 4 is 21.1 Å². The van der Waals surface area contributed by atoms with E-state index in [-0.39, 0.29) is 33.8 Å². The third kappa shape index (κ3) is 8.65. The Morgan fingerprint density at radius 2 is 1.54 bits per heavy atom. The van der Waals surface area contributed by atoms with Crippen LogP contribution in [0.15, 0.2) is 52.3 Å². The van der Waals surface area contributed by atoms with Crippen LogP contribution >= 0.6 is 0 Å². The van der Waals surface area contributed by atoms with Crippen molar-refractivity contribution in [2.45, 2.75) is 90.2 Å². The first-order chi connectivity index (χ1) is 21.6. The Morgan fingerprint density at radius 3 is 2.11 bits per heavy atom. The van der Waals surface area contributed by atoms with Crippen LogP contribution in [0, 0.1) is 19.7 Å². The van der Waals surface area contributed by atoms with Gasteiger partial charge < -0.3 is 4.74 Å². The number of nitrogens with zero attached hydrogens (tertiary/aromatic N) is 4. The molecule has 252 valence electrons. The van der Waals surface area contributed by atoms with Crippen LogP contribution in [0.3, 0.4) is 0 Å². The lowest BCUT2D eigenvalue weighted by Gasteiger charge is -2.23. The summed E-state index contributed by atoms with van der Waals surface area (Å²) in [4.78, 5) is 20.7. The zero-order chi connectivity index (χ0) is 34.4. The molecule has 46 heavy (non-hydrogen) atoms. The number of pyridine rings is 1. The third-order valence-corrected chi connectivity index (χ3v) is 8.52. The van der Waals surface area contributed by atoms with Crippen LogP contribution in [-0.2, 0) is 16.6 Å². The van der Waals surface area contributed by atoms with Gasteiger partial charge in [-0.3, -0.25) is 9.36 Å². The average molecular weight is 679 g/mol. The molecule has 0 radical (unpaired) electrons. The Balaban J connectivity index is 0.000000891. The highest BCUT2D eigenvalue weighted by Crippen LogP contribution is 2.36. The molecular weight excluding hydrogens is 645 g/mol. The maximum Gasteiger partial charge on any atom is 0.406 e.